The summed E-state index contributed by atoms with van der Waals surface area (Å²) in [6.07, 6.45) is 0. The number of aryl methyl sites for hydroxylation is 1. The van der Waals surface area contributed by atoms with Crippen molar-refractivity contribution in [3.63, 3.8) is 0 Å². The number of para-hydroxylation sites is 1. The number of nitrogens with one attached hydrogen (secondary N) is 2. The number of hydrogen-bond donors (Lipinski definition) is 2. The predicted octanol–water partition coefficient (Wildman–Crippen LogP) is 4.42. The van der Waals surface area contributed by atoms with Crippen LogP contribution >= 0.6 is 0 Å². The monoisotopic (exact) mass is 326 g/mol. The maximum atomic E-state index is 13.7. The van der Waals surface area contributed by atoms with Crippen LogP contribution in [0, 0.1) is 18.6 Å². The minimum Gasteiger partial charge on any atom is -0.366 e. The molecule has 4 nitrogen and oxygen atoms in total. The highest BCUT2D eigenvalue weighted by Crippen LogP contribution is 2.20. The second-order valence-electron chi connectivity index (χ2n) is 5.24. The van der Waals surface area contributed by atoms with Crippen LogP contribution in [0.25, 0.3) is 0 Å². The molecule has 0 radical (unpaired) electrons. The molecule has 24 heavy (non-hydrogen) atoms. The Bertz CT molecular complexity index is 852. The van der Waals surface area contributed by atoms with Crippen LogP contribution in [0.3, 0.4) is 0 Å². The predicted molar refractivity (Wildman–Crippen MR) is 90.2 cm³/mol. The van der Waals surface area contributed by atoms with Crippen LogP contribution in [0.1, 0.15) is 11.4 Å². The summed E-state index contributed by atoms with van der Waals surface area (Å²) < 4.78 is 27.4. The van der Waals surface area contributed by atoms with Gasteiger partial charge in [0.05, 0.1) is 5.69 Å². The minimum atomic E-state index is -0.366. The second-order valence-corrected chi connectivity index (χ2v) is 5.24. The van der Waals surface area contributed by atoms with Crippen molar-refractivity contribution in [1.82, 2.24) is 9.97 Å². The molecule has 0 fully saturated rings. The molecule has 2 aromatic carbocycles. The molecule has 0 saturated heterocycles. The van der Waals surface area contributed by atoms with E-state index in [2.05, 4.69) is 20.6 Å². The van der Waals surface area contributed by atoms with Crippen LogP contribution in [0.15, 0.2) is 54.6 Å². The summed E-state index contributed by atoms with van der Waals surface area (Å²) in [6.45, 7) is 2.03. The zero-order chi connectivity index (χ0) is 16.9. The Morgan fingerprint density at radius 1 is 0.875 bits per heavy atom. The van der Waals surface area contributed by atoms with Crippen LogP contribution in [-0.4, -0.2) is 9.97 Å². The van der Waals surface area contributed by atoms with Crippen molar-refractivity contribution < 1.29 is 8.78 Å². The molecule has 3 aromatic rings. The summed E-state index contributed by atoms with van der Waals surface area (Å²) in [5.74, 6) is 0.871. The van der Waals surface area contributed by atoms with E-state index in [4.69, 9.17) is 0 Å². The Morgan fingerprint density at radius 2 is 1.54 bits per heavy atom. The first-order chi connectivity index (χ1) is 11.6. The third-order valence-corrected chi connectivity index (χ3v) is 3.39. The van der Waals surface area contributed by atoms with Gasteiger partial charge in [-0.1, -0.05) is 30.3 Å². The fraction of sp³-hybridized carbons (Fsp3) is 0.111. The molecule has 0 bridgehead atoms. The van der Waals surface area contributed by atoms with Crippen molar-refractivity contribution in [2.75, 3.05) is 10.6 Å². The molecule has 0 amide bonds. The van der Waals surface area contributed by atoms with E-state index in [9.17, 15) is 8.78 Å². The van der Waals surface area contributed by atoms with Gasteiger partial charge in [-0.15, -0.1) is 0 Å². The van der Waals surface area contributed by atoms with Crippen molar-refractivity contribution in [2.45, 2.75) is 13.5 Å². The molecule has 0 aliphatic rings. The number of halogens is 2. The lowest BCUT2D eigenvalue weighted by Gasteiger charge is -2.11. The fourth-order valence-electron chi connectivity index (χ4n) is 2.25. The van der Waals surface area contributed by atoms with E-state index >= 15 is 0 Å². The third-order valence-electron chi connectivity index (χ3n) is 3.39. The summed E-state index contributed by atoms with van der Waals surface area (Å²) in [7, 11) is 0. The number of aromatic nitrogens is 2. The summed E-state index contributed by atoms with van der Waals surface area (Å²) in [5.41, 5.74) is 0.869. The lowest BCUT2D eigenvalue weighted by Crippen LogP contribution is -2.06. The Balaban J connectivity index is 1.77. The highest BCUT2D eigenvalue weighted by Gasteiger charge is 2.06. The molecule has 1 heterocycles. The molecule has 122 valence electrons. The van der Waals surface area contributed by atoms with Crippen molar-refractivity contribution in [2.24, 2.45) is 0 Å². The van der Waals surface area contributed by atoms with Crippen molar-refractivity contribution >= 4 is 17.3 Å². The topological polar surface area (TPSA) is 49.8 Å². The molecule has 0 aliphatic heterocycles. The number of rotatable bonds is 5. The van der Waals surface area contributed by atoms with Crippen molar-refractivity contribution in [3.8, 4) is 0 Å². The lowest BCUT2D eigenvalue weighted by molar-refractivity contribution is 0.613. The summed E-state index contributed by atoms with van der Waals surface area (Å²) >= 11 is 0. The molecular formula is C18H16F2N4. The average molecular weight is 326 g/mol. The van der Waals surface area contributed by atoms with Gasteiger partial charge in [0.15, 0.2) is 0 Å². The number of benzene rings is 2. The molecule has 0 spiro atoms. The molecule has 0 aliphatic carbocycles. The highest BCUT2D eigenvalue weighted by atomic mass is 19.1. The van der Waals surface area contributed by atoms with Crippen LogP contribution in [0.4, 0.5) is 26.1 Å². The minimum absolute atomic E-state index is 0.277. The molecule has 2 N–H and O–H groups in total. The Labute approximate surface area is 138 Å². The first-order valence-electron chi connectivity index (χ1n) is 7.46. The normalized spacial score (nSPS) is 10.5. The Kier molecular flexibility index (Phi) is 4.65. The van der Waals surface area contributed by atoms with Gasteiger partial charge in [0.2, 0.25) is 0 Å². The van der Waals surface area contributed by atoms with E-state index in [0.29, 0.717) is 35.3 Å². The second kappa shape index (κ2) is 7.04. The first kappa shape index (κ1) is 15.9. The SMILES string of the molecule is Cc1nc(NCc2ccccc2F)cc(Nc2ccccc2F)n1. The Morgan fingerprint density at radius 3 is 2.29 bits per heavy atom. The maximum Gasteiger partial charge on any atom is 0.146 e. The first-order valence-corrected chi connectivity index (χ1v) is 7.46. The molecule has 3 rings (SSSR count). The van der Waals surface area contributed by atoms with Gasteiger partial charge in [-0.3, -0.25) is 0 Å². The quantitative estimate of drug-likeness (QED) is 0.729. The largest absolute Gasteiger partial charge is 0.366 e. The van der Waals surface area contributed by atoms with Crippen LogP contribution in [0.5, 0.6) is 0 Å². The van der Waals surface area contributed by atoms with E-state index < -0.39 is 0 Å². The zero-order valence-corrected chi connectivity index (χ0v) is 13.1. The van der Waals surface area contributed by atoms with E-state index in [-0.39, 0.29) is 11.6 Å². The fourth-order valence-corrected chi connectivity index (χ4v) is 2.25. The average Bonchev–Trinajstić information content (AvgIpc) is 2.56. The maximum absolute atomic E-state index is 13.7. The van der Waals surface area contributed by atoms with E-state index in [1.165, 1.54) is 12.1 Å². The van der Waals surface area contributed by atoms with Crippen LogP contribution in [0.2, 0.25) is 0 Å². The smallest absolute Gasteiger partial charge is 0.146 e. The van der Waals surface area contributed by atoms with Gasteiger partial charge < -0.3 is 10.6 Å². The van der Waals surface area contributed by atoms with E-state index in [1.807, 2.05) is 0 Å². The van der Waals surface area contributed by atoms with Gasteiger partial charge in [-0.25, -0.2) is 18.7 Å². The van der Waals surface area contributed by atoms with E-state index in [1.54, 1.807) is 49.4 Å². The summed E-state index contributed by atoms with van der Waals surface area (Å²) in [4.78, 5) is 8.50. The molecule has 0 saturated carbocycles. The van der Waals surface area contributed by atoms with Gasteiger partial charge >= 0.3 is 0 Å². The third kappa shape index (κ3) is 3.84. The number of hydrogen-bond acceptors (Lipinski definition) is 4. The molecule has 0 atom stereocenters. The molecular weight excluding hydrogens is 310 g/mol. The molecule has 1 aromatic heterocycles. The molecule has 0 unspecified atom stereocenters. The van der Waals surface area contributed by atoms with Gasteiger partial charge in [0, 0.05) is 18.2 Å². The standard InChI is InChI=1S/C18H16F2N4/c1-12-22-17(21-11-13-6-2-3-7-14(13)19)10-18(23-12)24-16-9-5-4-8-15(16)20/h2-10H,11H2,1H3,(H2,21,22,23,24). The Hall–Kier alpha value is -3.02. The van der Waals surface area contributed by atoms with Crippen LogP contribution < -0.4 is 10.6 Å². The van der Waals surface area contributed by atoms with E-state index in [0.717, 1.165) is 0 Å². The van der Waals surface area contributed by atoms with Gasteiger partial charge in [-0.05, 0) is 25.1 Å². The van der Waals surface area contributed by atoms with Gasteiger partial charge in [-0.2, -0.15) is 0 Å². The number of nitrogens with zero attached hydrogens (tertiary/aromatic N) is 2. The van der Waals surface area contributed by atoms with Crippen molar-refractivity contribution in [1.29, 1.82) is 0 Å². The zero-order valence-electron chi connectivity index (χ0n) is 13.1. The lowest BCUT2D eigenvalue weighted by atomic mass is 10.2. The highest BCUT2D eigenvalue weighted by molar-refractivity contribution is 5.59. The van der Waals surface area contributed by atoms with Gasteiger partial charge in [0.1, 0.15) is 29.1 Å². The summed E-state index contributed by atoms with van der Waals surface area (Å²) in [6, 6.07) is 14.5. The van der Waals surface area contributed by atoms with Gasteiger partial charge in [0.25, 0.3) is 0 Å². The number of anilines is 3. The van der Waals surface area contributed by atoms with Crippen LogP contribution in [-0.2, 0) is 6.54 Å². The summed E-state index contributed by atoms with van der Waals surface area (Å²) in [5, 5.41) is 5.98. The van der Waals surface area contributed by atoms with Crippen molar-refractivity contribution in [3.05, 3.63) is 77.6 Å². The molecule has 6 heteroatoms.